The molecule has 0 aliphatic rings. The summed E-state index contributed by atoms with van der Waals surface area (Å²) in [5, 5.41) is 7.77. The van der Waals surface area contributed by atoms with Gasteiger partial charge in [0, 0.05) is 10.4 Å². The molecule has 1 aromatic heterocycles. The average molecular weight is 561 g/mol. The molecule has 180 valence electrons. The lowest BCUT2D eigenvalue weighted by Crippen LogP contribution is -2.23. The molecule has 0 atom stereocenters. The van der Waals surface area contributed by atoms with Crippen molar-refractivity contribution < 1.29 is 4.74 Å². The first-order valence-electron chi connectivity index (χ1n) is 11.6. The Morgan fingerprint density at radius 1 is 1.03 bits per heavy atom. The molecule has 0 unspecified atom stereocenters. The topological polar surface area (TPSA) is 56.5 Å². The Hall–Kier alpha value is -3.48. The number of ether oxygens (including phenoxy) is 1. The number of benzene rings is 4. The third kappa shape index (κ3) is 4.92. The molecule has 0 aliphatic carbocycles. The first kappa shape index (κ1) is 24.2. The lowest BCUT2D eigenvalue weighted by Gasteiger charge is -2.12. The summed E-state index contributed by atoms with van der Waals surface area (Å²) < 4.78 is 8.20. The standard InChI is InChI=1S/C29H23BrClN3O2/c1-18(2)28-33-26-12-11-22(30)15-24(26)29(35)34(28)32-16-19-10-13-27(25(31)14-19)36-17-21-8-5-7-20-6-3-4-9-23(20)21/h3-16,18H,17H2,1-2H3. The minimum absolute atomic E-state index is 0.0105. The van der Waals surface area contributed by atoms with Gasteiger partial charge in [-0.2, -0.15) is 9.78 Å². The average Bonchev–Trinajstić information content (AvgIpc) is 2.87. The lowest BCUT2D eigenvalue weighted by molar-refractivity contribution is 0.308. The van der Waals surface area contributed by atoms with Gasteiger partial charge in [0.25, 0.3) is 5.56 Å². The monoisotopic (exact) mass is 559 g/mol. The molecule has 5 nitrogen and oxygen atoms in total. The van der Waals surface area contributed by atoms with E-state index in [9.17, 15) is 4.79 Å². The van der Waals surface area contributed by atoms with Gasteiger partial charge in [-0.1, -0.05) is 83.8 Å². The number of nitrogens with zero attached hydrogens (tertiary/aromatic N) is 3. The van der Waals surface area contributed by atoms with Crippen LogP contribution in [0.25, 0.3) is 21.7 Å². The van der Waals surface area contributed by atoms with Crippen molar-refractivity contribution in [2.75, 3.05) is 0 Å². The molecule has 0 radical (unpaired) electrons. The normalized spacial score (nSPS) is 11.7. The number of rotatable bonds is 6. The summed E-state index contributed by atoms with van der Waals surface area (Å²) in [6.07, 6.45) is 1.61. The van der Waals surface area contributed by atoms with Crippen LogP contribution in [0, 0.1) is 0 Å². The highest BCUT2D eigenvalue weighted by molar-refractivity contribution is 9.10. The van der Waals surface area contributed by atoms with Crippen molar-refractivity contribution in [2.24, 2.45) is 5.10 Å². The highest BCUT2D eigenvalue weighted by Crippen LogP contribution is 2.27. The van der Waals surface area contributed by atoms with Gasteiger partial charge in [-0.3, -0.25) is 4.79 Å². The Balaban J connectivity index is 1.41. The van der Waals surface area contributed by atoms with Crippen molar-refractivity contribution in [1.82, 2.24) is 9.66 Å². The Morgan fingerprint density at radius 2 is 1.83 bits per heavy atom. The van der Waals surface area contributed by atoms with Crippen LogP contribution in [0.3, 0.4) is 0 Å². The van der Waals surface area contributed by atoms with E-state index >= 15 is 0 Å². The Kier molecular flexibility index (Phi) is 6.90. The predicted molar refractivity (Wildman–Crippen MR) is 151 cm³/mol. The van der Waals surface area contributed by atoms with E-state index in [-0.39, 0.29) is 11.5 Å². The van der Waals surface area contributed by atoms with Crippen LogP contribution in [0.1, 0.15) is 36.7 Å². The van der Waals surface area contributed by atoms with E-state index in [4.69, 9.17) is 16.3 Å². The molecule has 0 spiro atoms. The van der Waals surface area contributed by atoms with Gasteiger partial charge in [0.1, 0.15) is 18.2 Å². The van der Waals surface area contributed by atoms with Crippen LogP contribution in [-0.4, -0.2) is 15.9 Å². The summed E-state index contributed by atoms with van der Waals surface area (Å²) in [7, 11) is 0. The van der Waals surface area contributed by atoms with Crippen molar-refractivity contribution in [3.05, 3.63) is 116 Å². The fourth-order valence-corrected chi connectivity index (χ4v) is 4.67. The molecule has 4 aromatic carbocycles. The molecule has 0 saturated carbocycles. The Labute approximate surface area is 222 Å². The van der Waals surface area contributed by atoms with Crippen LogP contribution < -0.4 is 10.3 Å². The van der Waals surface area contributed by atoms with Crippen LogP contribution in [0.4, 0.5) is 0 Å². The van der Waals surface area contributed by atoms with Crippen molar-refractivity contribution >= 4 is 55.4 Å². The second kappa shape index (κ2) is 10.2. The minimum atomic E-state index is -0.220. The van der Waals surface area contributed by atoms with Gasteiger partial charge in [0.05, 0.1) is 22.1 Å². The zero-order valence-corrected chi connectivity index (χ0v) is 22.1. The minimum Gasteiger partial charge on any atom is -0.487 e. The molecule has 0 saturated heterocycles. The molecule has 0 fully saturated rings. The highest BCUT2D eigenvalue weighted by Gasteiger charge is 2.14. The fourth-order valence-electron chi connectivity index (χ4n) is 4.06. The van der Waals surface area contributed by atoms with Crippen molar-refractivity contribution in [3.8, 4) is 5.75 Å². The van der Waals surface area contributed by atoms with E-state index in [1.54, 1.807) is 18.3 Å². The highest BCUT2D eigenvalue weighted by atomic mass is 79.9. The summed E-state index contributed by atoms with van der Waals surface area (Å²) >= 11 is 9.96. The zero-order valence-electron chi connectivity index (χ0n) is 19.8. The molecule has 0 amide bonds. The van der Waals surface area contributed by atoms with Crippen LogP contribution in [0.2, 0.25) is 5.02 Å². The van der Waals surface area contributed by atoms with Gasteiger partial charge in [-0.05, 0) is 58.3 Å². The molecule has 5 aromatic rings. The van der Waals surface area contributed by atoms with E-state index < -0.39 is 0 Å². The molecular formula is C29H23BrClN3O2. The zero-order chi connectivity index (χ0) is 25.2. The first-order valence-corrected chi connectivity index (χ1v) is 12.7. The molecule has 0 bridgehead atoms. The SMILES string of the molecule is CC(C)c1nc2ccc(Br)cc2c(=O)n1N=Cc1ccc(OCc2cccc3ccccc23)c(Cl)c1. The maximum absolute atomic E-state index is 13.2. The molecule has 7 heteroatoms. The van der Waals surface area contributed by atoms with Gasteiger partial charge in [0.2, 0.25) is 0 Å². The van der Waals surface area contributed by atoms with Crippen LogP contribution in [0.15, 0.2) is 93.2 Å². The van der Waals surface area contributed by atoms with Gasteiger partial charge >= 0.3 is 0 Å². The van der Waals surface area contributed by atoms with Crippen LogP contribution in [0.5, 0.6) is 5.75 Å². The van der Waals surface area contributed by atoms with Crippen LogP contribution >= 0.6 is 27.5 Å². The summed E-state index contributed by atoms with van der Waals surface area (Å²) in [6, 6.07) is 25.3. The van der Waals surface area contributed by atoms with Gasteiger partial charge < -0.3 is 4.74 Å². The second-order valence-electron chi connectivity index (χ2n) is 8.76. The number of fused-ring (bicyclic) bond motifs is 2. The predicted octanol–water partition coefficient (Wildman–Crippen LogP) is 7.55. The van der Waals surface area contributed by atoms with E-state index in [0.29, 0.717) is 34.1 Å². The third-order valence-electron chi connectivity index (χ3n) is 5.89. The smallest absolute Gasteiger partial charge is 0.282 e. The fraction of sp³-hybridized carbons (Fsp3) is 0.138. The van der Waals surface area contributed by atoms with Crippen molar-refractivity contribution in [3.63, 3.8) is 0 Å². The summed E-state index contributed by atoms with van der Waals surface area (Å²) in [6.45, 7) is 4.37. The number of hydrogen-bond donors (Lipinski definition) is 0. The quantitative estimate of drug-likeness (QED) is 0.202. The van der Waals surface area contributed by atoms with Gasteiger partial charge in [-0.15, -0.1) is 0 Å². The largest absolute Gasteiger partial charge is 0.487 e. The summed E-state index contributed by atoms with van der Waals surface area (Å²) in [4.78, 5) is 17.9. The number of aromatic nitrogens is 2. The van der Waals surface area contributed by atoms with E-state index in [0.717, 1.165) is 21.0 Å². The van der Waals surface area contributed by atoms with E-state index in [1.807, 2.05) is 56.3 Å². The lowest BCUT2D eigenvalue weighted by atomic mass is 10.1. The van der Waals surface area contributed by atoms with Gasteiger partial charge in [0.15, 0.2) is 0 Å². The Bertz CT molecular complexity index is 1670. The Morgan fingerprint density at radius 3 is 2.64 bits per heavy atom. The first-order chi connectivity index (χ1) is 17.4. The molecule has 36 heavy (non-hydrogen) atoms. The number of halogens is 2. The molecule has 0 aliphatic heterocycles. The molecule has 1 heterocycles. The summed E-state index contributed by atoms with van der Waals surface area (Å²) in [5.41, 5.74) is 2.26. The third-order valence-corrected chi connectivity index (χ3v) is 6.68. The molecule has 0 N–H and O–H groups in total. The van der Waals surface area contributed by atoms with Crippen LogP contribution in [-0.2, 0) is 6.61 Å². The van der Waals surface area contributed by atoms with E-state index in [2.05, 4.69) is 50.3 Å². The van der Waals surface area contributed by atoms with Gasteiger partial charge in [-0.25, -0.2) is 4.98 Å². The van der Waals surface area contributed by atoms with E-state index in [1.165, 1.54) is 10.1 Å². The van der Waals surface area contributed by atoms with Crippen molar-refractivity contribution in [2.45, 2.75) is 26.4 Å². The number of hydrogen-bond acceptors (Lipinski definition) is 4. The molecule has 5 rings (SSSR count). The van der Waals surface area contributed by atoms with Crippen molar-refractivity contribution in [1.29, 1.82) is 0 Å². The maximum atomic E-state index is 13.2. The summed E-state index contributed by atoms with van der Waals surface area (Å²) in [5.74, 6) is 1.18. The second-order valence-corrected chi connectivity index (χ2v) is 10.1. The molecular weight excluding hydrogens is 538 g/mol. The maximum Gasteiger partial charge on any atom is 0.282 e.